The van der Waals surface area contributed by atoms with Crippen LogP contribution in [0, 0.1) is 0 Å². The minimum atomic E-state index is 1.01. The summed E-state index contributed by atoms with van der Waals surface area (Å²) in [4.78, 5) is 0. The fourth-order valence-corrected chi connectivity index (χ4v) is 2.47. The molecule has 0 saturated heterocycles. The average molecular weight is 189 g/mol. The Morgan fingerprint density at radius 1 is 1.14 bits per heavy atom. The summed E-state index contributed by atoms with van der Waals surface area (Å²) in [5.74, 6) is 0. The third-order valence-electron chi connectivity index (χ3n) is 3.19. The highest BCUT2D eigenvalue weighted by atomic mass is 14.6. The predicted molar refractivity (Wildman–Crippen MR) is 61.5 cm³/mol. The van der Waals surface area contributed by atoms with Gasteiger partial charge in [0.15, 0.2) is 0 Å². The number of hydrogen-bond acceptors (Lipinski definition) is 1. The van der Waals surface area contributed by atoms with E-state index < -0.39 is 0 Å². The summed E-state index contributed by atoms with van der Waals surface area (Å²) in [7, 11) is 0. The lowest BCUT2D eigenvalue weighted by atomic mass is 9.86. The lowest BCUT2D eigenvalue weighted by molar-refractivity contribution is 0.678. The van der Waals surface area contributed by atoms with Crippen LogP contribution in [0.4, 0.5) is 5.69 Å². The predicted octanol–water partition coefficient (Wildman–Crippen LogP) is 3.10. The normalized spacial score (nSPS) is 15.2. The van der Waals surface area contributed by atoms with Crippen LogP contribution < -0.4 is 5.73 Å². The number of benzene rings is 1. The van der Waals surface area contributed by atoms with Gasteiger partial charge in [0.2, 0.25) is 0 Å². The van der Waals surface area contributed by atoms with Gasteiger partial charge in [0.1, 0.15) is 0 Å². The topological polar surface area (TPSA) is 26.0 Å². The number of nitrogens with two attached hydrogens (primary N) is 1. The van der Waals surface area contributed by atoms with Gasteiger partial charge in [-0.05, 0) is 54.9 Å². The fraction of sp³-hybridized carbons (Fsp3) is 0.538. The van der Waals surface area contributed by atoms with Crippen LogP contribution in [0.25, 0.3) is 0 Å². The molecule has 1 nitrogen and oxygen atoms in total. The second kappa shape index (κ2) is 4.04. The van der Waals surface area contributed by atoms with Gasteiger partial charge in [0, 0.05) is 5.69 Å². The van der Waals surface area contributed by atoms with E-state index in [1.807, 2.05) is 0 Å². The van der Waals surface area contributed by atoms with E-state index in [2.05, 4.69) is 19.1 Å². The van der Waals surface area contributed by atoms with E-state index in [9.17, 15) is 0 Å². The molecule has 0 bridgehead atoms. The molecule has 1 aliphatic carbocycles. The van der Waals surface area contributed by atoms with E-state index in [0.29, 0.717) is 0 Å². The maximum Gasteiger partial charge on any atom is 0.0349 e. The van der Waals surface area contributed by atoms with E-state index in [1.165, 1.54) is 49.7 Å². The average Bonchev–Trinajstić information content (AvgIpc) is 2.23. The van der Waals surface area contributed by atoms with Crippen molar-refractivity contribution in [2.24, 2.45) is 0 Å². The molecule has 14 heavy (non-hydrogen) atoms. The van der Waals surface area contributed by atoms with Crippen LogP contribution in [-0.2, 0) is 19.3 Å². The van der Waals surface area contributed by atoms with Crippen molar-refractivity contribution in [2.75, 3.05) is 5.73 Å². The molecule has 0 atom stereocenters. The smallest absolute Gasteiger partial charge is 0.0349 e. The van der Waals surface area contributed by atoms with Gasteiger partial charge in [-0.1, -0.05) is 19.4 Å². The standard InChI is InChI=1S/C13H19N/c1-2-5-10-8-9-13(14)12-7-4-3-6-11(10)12/h8-9H,2-7,14H2,1H3. The maximum atomic E-state index is 6.01. The van der Waals surface area contributed by atoms with Crippen LogP contribution in [0.5, 0.6) is 0 Å². The van der Waals surface area contributed by atoms with Crippen LogP contribution in [0.3, 0.4) is 0 Å². The summed E-state index contributed by atoms with van der Waals surface area (Å²) < 4.78 is 0. The molecule has 0 aromatic heterocycles. The van der Waals surface area contributed by atoms with Crippen LogP contribution >= 0.6 is 0 Å². The molecular weight excluding hydrogens is 170 g/mol. The van der Waals surface area contributed by atoms with Gasteiger partial charge in [-0.15, -0.1) is 0 Å². The van der Waals surface area contributed by atoms with Gasteiger partial charge >= 0.3 is 0 Å². The van der Waals surface area contributed by atoms with E-state index in [0.717, 1.165) is 5.69 Å². The molecule has 1 aromatic carbocycles. The minimum Gasteiger partial charge on any atom is -0.398 e. The first-order valence-electron chi connectivity index (χ1n) is 5.72. The maximum absolute atomic E-state index is 6.01. The Balaban J connectivity index is 2.42. The van der Waals surface area contributed by atoms with Crippen LogP contribution in [0.1, 0.15) is 42.9 Å². The number of hydrogen-bond donors (Lipinski definition) is 1. The molecule has 0 heterocycles. The summed E-state index contributed by atoms with van der Waals surface area (Å²) in [5, 5.41) is 0. The molecule has 1 aliphatic rings. The van der Waals surface area contributed by atoms with Crippen LogP contribution in [0.2, 0.25) is 0 Å². The zero-order valence-electron chi connectivity index (χ0n) is 8.97. The summed E-state index contributed by atoms with van der Waals surface area (Å²) in [6.07, 6.45) is 7.54. The molecule has 0 radical (unpaired) electrons. The Hall–Kier alpha value is -0.980. The molecule has 1 aromatic rings. The molecule has 0 amide bonds. The van der Waals surface area contributed by atoms with Gasteiger partial charge in [-0.2, -0.15) is 0 Å². The lowest BCUT2D eigenvalue weighted by Gasteiger charge is -2.21. The van der Waals surface area contributed by atoms with Crippen molar-refractivity contribution in [3.8, 4) is 0 Å². The van der Waals surface area contributed by atoms with E-state index in [-0.39, 0.29) is 0 Å². The van der Waals surface area contributed by atoms with Crippen molar-refractivity contribution >= 4 is 5.69 Å². The van der Waals surface area contributed by atoms with Crippen molar-refractivity contribution in [1.82, 2.24) is 0 Å². The Morgan fingerprint density at radius 2 is 1.86 bits per heavy atom. The number of fused-ring (bicyclic) bond motifs is 1. The van der Waals surface area contributed by atoms with Crippen molar-refractivity contribution in [2.45, 2.75) is 45.4 Å². The van der Waals surface area contributed by atoms with Crippen molar-refractivity contribution in [3.63, 3.8) is 0 Å². The van der Waals surface area contributed by atoms with Crippen LogP contribution in [-0.4, -0.2) is 0 Å². The van der Waals surface area contributed by atoms with E-state index in [4.69, 9.17) is 5.73 Å². The number of nitrogen functional groups attached to an aromatic ring is 1. The van der Waals surface area contributed by atoms with Gasteiger partial charge in [-0.25, -0.2) is 0 Å². The molecule has 2 N–H and O–H groups in total. The third-order valence-corrected chi connectivity index (χ3v) is 3.19. The second-order valence-electron chi connectivity index (χ2n) is 4.23. The first-order valence-corrected chi connectivity index (χ1v) is 5.72. The van der Waals surface area contributed by atoms with Crippen molar-refractivity contribution < 1.29 is 0 Å². The molecule has 0 spiro atoms. The van der Waals surface area contributed by atoms with E-state index >= 15 is 0 Å². The largest absolute Gasteiger partial charge is 0.398 e. The molecule has 1 heteroatoms. The summed E-state index contributed by atoms with van der Waals surface area (Å²) in [6, 6.07) is 4.32. The van der Waals surface area contributed by atoms with Gasteiger partial charge in [-0.3, -0.25) is 0 Å². The molecule has 0 aliphatic heterocycles. The SMILES string of the molecule is CCCc1ccc(N)c2c1CCCC2. The number of rotatable bonds is 2. The van der Waals surface area contributed by atoms with Gasteiger partial charge in [0.05, 0.1) is 0 Å². The first-order chi connectivity index (χ1) is 6.83. The van der Waals surface area contributed by atoms with Gasteiger partial charge < -0.3 is 5.73 Å². The van der Waals surface area contributed by atoms with E-state index in [1.54, 1.807) is 5.56 Å². The molecule has 76 valence electrons. The molecular formula is C13H19N. The molecule has 2 rings (SSSR count). The quantitative estimate of drug-likeness (QED) is 0.711. The second-order valence-corrected chi connectivity index (χ2v) is 4.23. The highest BCUT2D eigenvalue weighted by Crippen LogP contribution is 2.29. The fourth-order valence-electron chi connectivity index (χ4n) is 2.47. The van der Waals surface area contributed by atoms with Crippen molar-refractivity contribution in [1.29, 1.82) is 0 Å². The summed E-state index contributed by atoms with van der Waals surface area (Å²) >= 11 is 0. The Labute approximate surface area is 86.3 Å². The minimum absolute atomic E-state index is 1.01. The highest BCUT2D eigenvalue weighted by molar-refractivity contribution is 5.55. The summed E-state index contributed by atoms with van der Waals surface area (Å²) in [6.45, 7) is 2.24. The molecule has 0 unspecified atom stereocenters. The monoisotopic (exact) mass is 189 g/mol. The Kier molecular flexibility index (Phi) is 2.76. The van der Waals surface area contributed by atoms with Gasteiger partial charge in [0.25, 0.3) is 0 Å². The molecule has 0 fully saturated rings. The zero-order valence-corrected chi connectivity index (χ0v) is 8.97. The zero-order chi connectivity index (χ0) is 9.97. The third kappa shape index (κ3) is 1.63. The first kappa shape index (κ1) is 9.57. The van der Waals surface area contributed by atoms with Crippen molar-refractivity contribution in [3.05, 3.63) is 28.8 Å². The Morgan fingerprint density at radius 3 is 2.57 bits per heavy atom. The summed E-state index contributed by atoms with van der Waals surface area (Å²) in [5.41, 5.74) is 11.6. The number of anilines is 1. The highest BCUT2D eigenvalue weighted by Gasteiger charge is 2.14. The number of aryl methyl sites for hydroxylation is 1. The Bertz CT molecular complexity index is 328. The lowest BCUT2D eigenvalue weighted by Crippen LogP contribution is -2.09. The van der Waals surface area contributed by atoms with Crippen LogP contribution in [0.15, 0.2) is 12.1 Å². The molecule has 0 saturated carbocycles.